The summed E-state index contributed by atoms with van der Waals surface area (Å²) in [4.78, 5) is 12.3. The minimum atomic E-state index is -4.51. The number of thioether (sulfide) groups is 1. The zero-order valence-corrected chi connectivity index (χ0v) is 19.1. The Kier molecular flexibility index (Phi) is 10.9. The summed E-state index contributed by atoms with van der Waals surface area (Å²) in [6, 6.07) is 1.07. The van der Waals surface area contributed by atoms with Crippen molar-refractivity contribution in [3.63, 3.8) is 0 Å². The molecule has 0 N–H and O–H groups in total. The molecule has 2 aliphatic rings. The van der Waals surface area contributed by atoms with Gasteiger partial charge in [0.05, 0.1) is 17.5 Å². The SMILES string of the molecule is CC.CC.CC(=O)C1CC=C(c2cc(C(F)(F)F)nn2CC2=C/C=C\CC/C=C\2)S1. The van der Waals surface area contributed by atoms with Gasteiger partial charge in [-0.2, -0.15) is 18.3 Å². The maximum atomic E-state index is 13.2. The Morgan fingerprint density at radius 3 is 2.47 bits per heavy atom. The Balaban J connectivity index is 0.00000106. The first-order valence-corrected chi connectivity index (χ1v) is 11.3. The Labute approximate surface area is 181 Å². The predicted octanol–water partition coefficient (Wildman–Crippen LogP) is 7.22. The largest absolute Gasteiger partial charge is 0.435 e. The predicted molar refractivity (Wildman–Crippen MR) is 120 cm³/mol. The number of alkyl halides is 3. The van der Waals surface area contributed by atoms with E-state index in [1.54, 1.807) is 0 Å². The second kappa shape index (κ2) is 12.6. The molecule has 30 heavy (non-hydrogen) atoms. The van der Waals surface area contributed by atoms with Gasteiger partial charge in [0, 0.05) is 4.91 Å². The molecule has 1 aliphatic heterocycles. The van der Waals surface area contributed by atoms with Gasteiger partial charge in [-0.25, -0.2) is 0 Å². The second-order valence-corrected chi connectivity index (χ2v) is 7.49. The van der Waals surface area contributed by atoms with Gasteiger partial charge in [0.2, 0.25) is 0 Å². The number of halogens is 3. The van der Waals surface area contributed by atoms with Crippen molar-refractivity contribution in [2.45, 2.75) is 71.9 Å². The number of carbonyl (C=O) groups is 1. The number of Topliss-reactive ketones (excluding diaryl/α,β-unsaturated/α-hetero) is 1. The van der Waals surface area contributed by atoms with Gasteiger partial charge in [-0.15, -0.1) is 11.8 Å². The molecule has 3 nitrogen and oxygen atoms in total. The quantitative estimate of drug-likeness (QED) is 0.496. The van der Waals surface area contributed by atoms with E-state index in [9.17, 15) is 18.0 Å². The highest BCUT2D eigenvalue weighted by Gasteiger charge is 2.36. The van der Waals surface area contributed by atoms with Crippen LogP contribution in [-0.4, -0.2) is 20.8 Å². The number of aromatic nitrogens is 2. The van der Waals surface area contributed by atoms with Crippen LogP contribution in [0.3, 0.4) is 0 Å². The van der Waals surface area contributed by atoms with Gasteiger partial charge in [0.15, 0.2) is 5.69 Å². The number of rotatable bonds is 4. The summed E-state index contributed by atoms with van der Waals surface area (Å²) >= 11 is 1.31. The minimum Gasteiger partial charge on any atom is -0.299 e. The van der Waals surface area contributed by atoms with E-state index >= 15 is 0 Å². The molecule has 0 saturated carbocycles. The van der Waals surface area contributed by atoms with Crippen LogP contribution in [0.2, 0.25) is 0 Å². The van der Waals surface area contributed by atoms with Gasteiger partial charge < -0.3 is 0 Å². The summed E-state index contributed by atoms with van der Waals surface area (Å²) in [5.74, 6) is 0.0270. The maximum absolute atomic E-state index is 13.2. The van der Waals surface area contributed by atoms with Crippen molar-refractivity contribution < 1.29 is 18.0 Å². The van der Waals surface area contributed by atoms with E-state index in [4.69, 9.17) is 0 Å². The monoisotopic (exact) mass is 440 g/mol. The fourth-order valence-corrected chi connectivity index (χ4v) is 3.94. The molecule has 0 bridgehead atoms. The zero-order valence-electron chi connectivity index (χ0n) is 18.3. The van der Waals surface area contributed by atoms with Gasteiger partial charge in [-0.3, -0.25) is 9.48 Å². The summed E-state index contributed by atoms with van der Waals surface area (Å²) in [6.07, 6.45) is 9.48. The van der Waals surface area contributed by atoms with Crippen molar-refractivity contribution in [2.24, 2.45) is 0 Å². The van der Waals surface area contributed by atoms with Crippen LogP contribution in [0.1, 0.15) is 65.3 Å². The van der Waals surface area contributed by atoms with Gasteiger partial charge >= 0.3 is 6.18 Å². The summed E-state index contributed by atoms with van der Waals surface area (Å²) < 4.78 is 40.9. The highest BCUT2D eigenvalue weighted by atomic mass is 32.2. The summed E-state index contributed by atoms with van der Waals surface area (Å²) in [5, 5.41) is 3.57. The van der Waals surface area contributed by atoms with Crippen molar-refractivity contribution >= 4 is 22.5 Å². The molecule has 0 fully saturated rings. The normalized spacial score (nSPS) is 22.1. The van der Waals surface area contributed by atoms with Crippen LogP contribution in [0.4, 0.5) is 13.2 Å². The molecule has 0 amide bonds. The molecule has 1 unspecified atom stereocenters. The second-order valence-electron chi connectivity index (χ2n) is 6.24. The average molecular weight is 441 g/mol. The van der Waals surface area contributed by atoms with E-state index in [0.717, 1.165) is 24.5 Å². The molecule has 166 valence electrons. The third-order valence-corrected chi connectivity index (χ3v) is 5.61. The Morgan fingerprint density at radius 2 is 1.87 bits per heavy atom. The van der Waals surface area contributed by atoms with Crippen molar-refractivity contribution in [3.8, 4) is 0 Å². The molecule has 0 radical (unpaired) electrons. The van der Waals surface area contributed by atoms with Crippen LogP contribution < -0.4 is 0 Å². The summed E-state index contributed by atoms with van der Waals surface area (Å²) in [6.45, 7) is 9.75. The molecule has 7 heteroatoms. The number of hydrogen-bond donors (Lipinski definition) is 0. The lowest BCUT2D eigenvalue weighted by Crippen LogP contribution is -2.10. The van der Waals surface area contributed by atoms with E-state index in [1.807, 2.05) is 64.2 Å². The minimum absolute atomic E-state index is 0.0270. The molecule has 0 aromatic carbocycles. The third-order valence-electron chi connectivity index (χ3n) is 4.17. The zero-order chi connectivity index (χ0) is 22.7. The van der Waals surface area contributed by atoms with E-state index in [0.29, 0.717) is 17.0 Å². The molecular weight excluding hydrogens is 409 g/mol. The highest BCUT2D eigenvalue weighted by Crippen LogP contribution is 2.41. The fraction of sp³-hybridized carbons (Fsp3) is 0.478. The van der Waals surface area contributed by atoms with E-state index in [-0.39, 0.29) is 17.6 Å². The average Bonchev–Trinajstić information content (AvgIpc) is 3.34. The molecule has 1 aromatic rings. The number of nitrogens with zero attached hydrogens (tertiary/aromatic N) is 2. The lowest BCUT2D eigenvalue weighted by molar-refractivity contribution is -0.141. The Bertz CT molecular complexity index is 817. The van der Waals surface area contributed by atoms with Gasteiger partial charge in [-0.1, -0.05) is 64.2 Å². The first kappa shape index (κ1) is 26.0. The van der Waals surface area contributed by atoms with Crippen molar-refractivity contribution in [3.05, 3.63) is 59.5 Å². The van der Waals surface area contributed by atoms with Gasteiger partial charge in [0.1, 0.15) is 5.78 Å². The molecule has 3 rings (SSSR count). The molecular formula is C23H31F3N2OS. The smallest absolute Gasteiger partial charge is 0.299 e. The first-order valence-electron chi connectivity index (χ1n) is 10.4. The highest BCUT2D eigenvalue weighted by molar-refractivity contribution is 8.09. The number of carbonyl (C=O) groups excluding carboxylic acids is 1. The molecule has 1 aromatic heterocycles. The van der Waals surface area contributed by atoms with Gasteiger partial charge in [-0.05, 0) is 37.8 Å². The van der Waals surface area contributed by atoms with Crippen molar-refractivity contribution in [1.29, 1.82) is 0 Å². The van der Waals surface area contributed by atoms with E-state index in [2.05, 4.69) is 5.10 Å². The molecule has 0 saturated heterocycles. The van der Waals surface area contributed by atoms with Gasteiger partial charge in [0.25, 0.3) is 0 Å². The molecule has 2 heterocycles. The lowest BCUT2D eigenvalue weighted by Gasteiger charge is -2.10. The summed E-state index contributed by atoms with van der Waals surface area (Å²) in [7, 11) is 0. The van der Waals surface area contributed by atoms with Crippen molar-refractivity contribution in [1.82, 2.24) is 9.78 Å². The van der Waals surface area contributed by atoms with E-state index < -0.39 is 11.9 Å². The van der Waals surface area contributed by atoms with Crippen molar-refractivity contribution in [2.75, 3.05) is 0 Å². The maximum Gasteiger partial charge on any atom is 0.435 e. The van der Waals surface area contributed by atoms with Crippen LogP contribution in [0.5, 0.6) is 0 Å². The van der Waals surface area contributed by atoms with Crippen LogP contribution >= 0.6 is 11.8 Å². The Morgan fingerprint density at radius 1 is 1.20 bits per heavy atom. The first-order chi connectivity index (χ1) is 14.3. The van der Waals surface area contributed by atoms with Crippen LogP contribution in [0.15, 0.2) is 48.1 Å². The van der Waals surface area contributed by atoms with Crippen LogP contribution in [0, 0.1) is 0 Å². The topological polar surface area (TPSA) is 34.9 Å². The molecule has 0 spiro atoms. The number of hydrogen-bond acceptors (Lipinski definition) is 3. The summed E-state index contributed by atoms with van der Waals surface area (Å²) in [5.41, 5.74) is 0.378. The van der Waals surface area contributed by atoms with Crippen LogP contribution in [-0.2, 0) is 17.5 Å². The third kappa shape index (κ3) is 7.35. The van der Waals surface area contributed by atoms with Crippen LogP contribution in [0.25, 0.3) is 4.91 Å². The molecule has 1 aliphatic carbocycles. The standard InChI is InChI=1S/C19H19F3N2OS.2C2H6/c1-13(25)16-9-10-17(26-16)15-11-18(19(20,21)22)23-24(15)12-14-7-5-3-2-4-6-8-14;2*1-2/h3,5-8,10-11,16H,2,4,9,12H2,1H3;2*1-2H3/b5-3-,8-6-,14-7+;;. The number of ketones is 1. The molecule has 1 atom stereocenters. The fourth-order valence-electron chi connectivity index (χ4n) is 2.80. The number of allylic oxidation sites excluding steroid dienone is 7. The lowest BCUT2D eigenvalue weighted by atomic mass is 10.1. The Hall–Kier alpha value is -2.02. The van der Waals surface area contributed by atoms with E-state index in [1.165, 1.54) is 23.4 Å².